The van der Waals surface area contributed by atoms with Gasteiger partial charge >= 0.3 is 5.97 Å². The molecule has 23 heavy (non-hydrogen) atoms. The predicted octanol–water partition coefficient (Wildman–Crippen LogP) is 3.17. The Morgan fingerprint density at radius 2 is 1.87 bits per heavy atom. The molecule has 120 valence electrons. The quantitative estimate of drug-likeness (QED) is 0.862. The highest BCUT2D eigenvalue weighted by Crippen LogP contribution is 2.22. The summed E-state index contributed by atoms with van der Waals surface area (Å²) < 4.78 is 11.4. The molecule has 3 rings (SSSR count). The molecule has 1 saturated heterocycles. The van der Waals surface area contributed by atoms with Crippen molar-refractivity contribution in [3.8, 4) is 5.75 Å². The SMILES string of the molecule is O=C(OCc1ccccc1)c1ccccc1OC1CCCNC1. The van der Waals surface area contributed by atoms with Crippen LogP contribution < -0.4 is 10.1 Å². The molecule has 4 heteroatoms. The molecule has 1 N–H and O–H groups in total. The van der Waals surface area contributed by atoms with Gasteiger partial charge < -0.3 is 14.8 Å². The van der Waals surface area contributed by atoms with Crippen molar-refractivity contribution in [3.63, 3.8) is 0 Å². The first-order chi connectivity index (χ1) is 11.3. The molecule has 1 aliphatic rings. The van der Waals surface area contributed by atoms with E-state index in [4.69, 9.17) is 9.47 Å². The van der Waals surface area contributed by atoms with Gasteiger partial charge in [0.1, 0.15) is 24.0 Å². The molecule has 1 fully saturated rings. The number of rotatable bonds is 5. The molecule has 1 atom stereocenters. The van der Waals surface area contributed by atoms with Crippen LogP contribution in [0.3, 0.4) is 0 Å². The number of benzene rings is 2. The van der Waals surface area contributed by atoms with E-state index in [9.17, 15) is 4.79 Å². The molecule has 1 heterocycles. The minimum atomic E-state index is -0.353. The van der Waals surface area contributed by atoms with E-state index >= 15 is 0 Å². The third kappa shape index (κ3) is 4.33. The maximum Gasteiger partial charge on any atom is 0.342 e. The molecular formula is C19H21NO3. The molecular weight excluding hydrogens is 290 g/mol. The summed E-state index contributed by atoms with van der Waals surface area (Å²) in [7, 11) is 0. The highest BCUT2D eigenvalue weighted by Gasteiger charge is 2.19. The van der Waals surface area contributed by atoms with Gasteiger partial charge in [-0.1, -0.05) is 42.5 Å². The first kappa shape index (κ1) is 15.6. The Labute approximate surface area is 136 Å². The van der Waals surface area contributed by atoms with E-state index < -0.39 is 0 Å². The van der Waals surface area contributed by atoms with E-state index in [1.165, 1.54) is 0 Å². The van der Waals surface area contributed by atoms with Crippen molar-refractivity contribution in [2.24, 2.45) is 0 Å². The standard InChI is InChI=1S/C19H21NO3/c21-19(22-14-15-7-2-1-3-8-15)17-10-4-5-11-18(17)23-16-9-6-12-20-13-16/h1-5,7-8,10-11,16,20H,6,9,12-14H2. The second-order valence-corrected chi connectivity index (χ2v) is 5.64. The zero-order chi connectivity index (χ0) is 15.9. The van der Waals surface area contributed by atoms with Crippen LogP contribution in [0, 0.1) is 0 Å². The average Bonchev–Trinajstić information content (AvgIpc) is 2.62. The first-order valence-corrected chi connectivity index (χ1v) is 8.00. The van der Waals surface area contributed by atoms with E-state index in [1.807, 2.05) is 48.5 Å². The van der Waals surface area contributed by atoms with Gasteiger partial charge in [-0.05, 0) is 37.1 Å². The fourth-order valence-corrected chi connectivity index (χ4v) is 2.64. The van der Waals surface area contributed by atoms with Gasteiger partial charge in [-0.15, -0.1) is 0 Å². The smallest absolute Gasteiger partial charge is 0.342 e. The van der Waals surface area contributed by atoms with Gasteiger partial charge in [-0.25, -0.2) is 4.79 Å². The fourth-order valence-electron chi connectivity index (χ4n) is 2.64. The van der Waals surface area contributed by atoms with Gasteiger partial charge in [-0.3, -0.25) is 0 Å². The zero-order valence-corrected chi connectivity index (χ0v) is 13.0. The van der Waals surface area contributed by atoms with E-state index in [2.05, 4.69) is 5.32 Å². The minimum Gasteiger partial charge on any atom is -0.488 e. The molecule has 0 aliphatic carbocycles. The van der Waals surface area contributed by atoms with Gasteiger partial charge in [0.05, 0.1) is 0 Å². The molecule has 0 saturated carbocycles. The molecule has 0 radical (unpaired) electrons. The average molecular weight is 311 g/mol. The summed E-state index contributed by atoms with van der Waals surface area (Å²) in [6.45, 7) is 2.10. The fraction of sp³-hybridized carbons (Fsp3) is 0.316. The van der Waals surface area contributed by atoms with Crippen molar-refractivity contribution in [3.05, 3.63) is 65.7 Å². The molecule has 0 aromatic heterocycles. The number of para-hydroxylation sites is 1. The number of nitrogens with one attached hydrogen (secondary N) is 1. The predicted molar refractivity (Wildman–Crippen MR) is 88.5 cm³/mol. The number of hydrogen-bond acceptors (Lipinski definition) is 4. The van der Waals surface area contributed by atoms with Crippen LogP contribution in [0.5, 0.6) is 5.75 Å². The highest BCUT2D eigenvalue weighted by atomic mass is 16.5. The molecule has 1 unspecified atom stereocenters. The van der Waals surface area contributed by atoms with Crippen molar-refractivity contribution in [1.29, 1.82) is 0 Å². The van der Waals surface area contributed by atoms with Crippen LogP contribution >= 0.6 is 0 Å². The molecule has 2 aromatic rings. The highest BCUT2D eigenvalue weighted by molar-refractivity contribution is 5.92. The summed E-state index contributed by atoms with van der Waals surface area (Å²) in [5.74, 6) is 0.243. The second-order valence-electron chi connectivity index (χ2n) is 5.64. The molecule has 4 nitrogen and oxygen atoms in total. The van der Waals surface area contributed by atoms with Gasteiger partial charge in [0.15, 0.2) is 0 Å². The maximum absolute atomic E-state index is 12.4. The number of piperidine rings is 1. The molecule has 2 aromatic carbocycles. The van der Waals surface area contributed by atoms with Crippen LogP contribution in [-0.2, 0) is 11.3 Å². The van der Waals surface area contributed by atoms with Crippen molar-refractivity contribution in [2.75, 3.05) is 13.1 Å². The zero-order valence-electron chi connectivity index (χ0n) is 13.0. The summed E-state index contributed by atoms with van der Waals surface area (Å²) >= 11 is 0. The van der Waals surface area contributed by atoms with Gasteiger partial charge in [-0.2, -0.15) is 0 Å². The van der Waals surface area contributed by atoms with E-state index in [1.54, 1.807) is 6.07 Å². The molecule has 1 aliphatic heterocycles. The Bertz CT molecular complexity index is 636. The number of carbonyl (C=O) groups excluding carboxylic acids is 1. The van der Waals surface area contributed by atoms with E-state index in [0.717, 1.165) is 31.5 Å². The Balaban J connectivity index is 1.65. The lowest BCUT2D eigenvalue weighted by molar-refractivity contribution is 0.0464. The summed E-state index contributed by atoms with van der Waals surface area (Å²) in [4.78, 5) is 12.4. The largest absolute Gasteiger partial charge is 0.488 e. The Kier molecular flexibility index (Phi) is 5.27. The lowest BCUT2D eigenvalue weighted by Gasteiger charge is -2.24. The van der Waals surface area contributed by atoms with Crippen LogP contribution in [0.2, 0.25) is 0 Å². The van der Waals surface area contributed by atoms with Crippen LogP contribution in [0.25, 0.3) is 0 Å². The topological polar surface area (TPSA) is 47.6 Å². The van der Waals surface area contributed by atoms with Crippen LogP contribution in [0.15, 0.2) is 54.6 Å². The second kappa shape index (κ2) is 7.79. The van der Waals surface area contributed by atoms with E-state index in [-0.39, 0.29) is 18.7 Å². The summed E-state index contributed by atoms with van der Waals surface area (Å²) in [5, 5.41) is 3.31. The van der Waals surface area contributed by atoms with Gasteiger partial charge in [0.25, 0.3) is 0 Å². The molecule has 0 spiro atoms. The summed E-state index contributed by atoms with van der Waals surface area (Å²) in [6.07, 6.45) is 2.19. The first-order valence-electron chi connectivity index (χ1n) is 8.00. The van der Waals surface area contributed by atoms with Crippen LogP contribution in [0.4, 0.5) is 0 Å². The Morgan fingerprint density at radius 1 is 1.09 bits per heavy atom. The Morgan fingerprint density at radius 3 is 2.65 bits per heavy atom. The van der Waals surface area contributed by atoms with Gasteiger partial charge in [0.2, 0.25) is 0 Å². The van der Waals surface area contributed by atoms with Crippen molar-refractivity contribution in [1.82, 2.24) is 5.32 Å². The van der Waals surface area contributed by atoms with E-state index in [0.29, 0.717) is 11.3 Å². The van der Waals surface area contributed by atoms with Gasteiger partial charge in [0, 0.05) is 6.54 Å². The monoisotopic (exact) mass is 311 g/mol. The van der Waals surface area contributed by atoms with Crippen molar-refractivity contribution < 1.29 is 14.3 Å². The maximum atomic E-state index is 12.4. The van der Waals surface area contributed by atoms with Crippen molar-refractivity contribution in [2.45, 2.75) is 25.6 Å². The number of esters is 1. The summed E-state index contributed by atoms with van der Waals surface area (Å²) in [5.41, 5.74) is 1.45. The third-order valence-corrected chi connectivity index (χ3v) is 3.87. The Hall–Kier alpha value is -2.33. The van der Waals surface area contributed by atoms with Crippen molar-refractivity contribution >= 4 is 5.97 Å². The molecule has 0 bridgehead atoms. The molecule has 0 amide bonds. The minimum absolute atomic E-state index is 0.104. The third-order valence-electron chi connectivity index (χ3n) is 3.87. The summed E-state index contributed by atoms with van der Waals surface area (Å²) in [6, 6.07) is 16.9. The number of ether oxygens (including phenoxy) is 2. The normalized spacial score (nSPS) is 17.5. The number of hydrogen-bond donors (Lipinski definition) is 1. The lowest BCUT2D eigenvalue weighted by Crippen LogP contribution is -2.37. The van der Waals surface area contributed by atoms with Crippen LogP contribution in [-0.4, -0.2) is 25.2 Å². The van der Waals surface area contributed by atoms with Crippen LogP contribution in [0.1, 0.15) is 28.8 Å². The lowest BCUT2D eigenvalue weighted by atomic mass is 10.1. The number of carbonyl (C=O) groups is 1.